The van der Waals surface area contributed by atoms with Gasteiger partial charge < -0.3 is 4.74 Å². The predicted octanol–water partition coefficient (Wildman–Crippen LogP) is 5.22. The first kappa shape index (κ1) is 17.7. The second-order valence-corrected chi connectivity index (χ2v) is 7.26. The summed E-state index contributed by atoms with van der Waals surface area (Å²) in [7, 11) is 0. The zero-order chi connectivity index (χ0) is 18.8. The molecule has 27 heavy (non-hydrogen) atoms. The highest BCUT2D eigenvalue weighted by molar-refractivity contribution is 9.10. The van der Waals surface area contributed by atoms with E-state index in [4.69, 9.17) is 9.84 Å². The van der Waals surface area contributed by atoms with Crippen molar-refractivity contribution in [2.45, 2.75) is 19.9 Å². The number of ether oxygens (including phenoxy) is 1. The number of aromatic nitrogens is 2. The molecular formula is C22H19BrN2O2. The molecule has 0 saturated carbocycles. The van der Waals surface area contributed by atoms with Gasteiger partial charge in [-0.3, -0.25) is 4.68 Å². The Labute approximate surface area is 166 Å². The van der Waals surface area contributed by atoms with Gasteiger partial charge in [0, 0.05) is 16.6 Å². The largest absolute Gasteiger partial charge is 0.462 e. The van der Waals surface area contributed by atoms with Crippen molar-refractivity contribution in [1.29, 1.82) is 0 Å². The lowest BCUT2D eigenvalue weighted by atomic mass is 9.95. The van der Waals surface area contributed by atoms with Crippen molar-refractivity contribution in [1.82, 2.24) is 9.78 Å². The van der Waals surface area contributed by atoms with Crippen LogP contribution in [0.15, 0.2) is 53.0 Å². The number of esters is 1. The van der Waals surface area contributed by atoms with E-state index in [2.05, 4.69) is 22.0 Å². The number of carbonyl (C=O) groups excluding carboxylic acids is 1. The fraction of sp³-hybridized carbons (Fsp3) is 0.182. The molecule has 0 unspecified atom stereocenters. The summed E-state index contributed by atoms with van der Waals surface area (Å²) < 4.78 is 8.30. The SMILES string of the molecule is CCOC(=O)c1c(/C=C/c2ccc(Br)cc2)nn2c1-c1ccccc1CC2. The molecule has 3 aromatic rings. The molecule has 4 nitrogen and oxygen atoms in total. The van der Waals surface area contributed by atoms with Crippen molar-refractivity contribution in [3.8, 4) is 11.3 Å². The fourth-order valence-electron chi connectivity index (χ4n) is 3.38. The van der Waals surface area contributed by atoms with Crippen LogP contribution in [0.5, 0.6) is 0 Å². The van der Waals surface area contributed by atoms with Crippen molar-refractivity contribution in [3.63, 3.8) is 0 Å². The highest BCUT2D eigenvalue weighted by atomic mass is 79.9. The molecule has 0 radical (unpaired) electrons. The van der Waals surface area contributed by atoms with Crippen molar-refractivity contribution in [2.75, 3.05) is 6.61 Å². The van der Waals surface area contributed by atoms with Crippen LogP contribution in [0.4, 0.5) is 0 Å². The Morgan fingerprint density at radius 2 is 1.96 bits per heavy atom. The van der Waals surface area contributed by atoms with Gasteiger partial charge in [0.05, 0.1) is 12.3 Å². The maximum absolute atomic E-state index is 12.7. The average Bonchev–Trinajstić information content (AvgIpc) is 3.07. The molecule has 0 saturated heterocycles. The summed E-state index contributed by atoms with van der Waals surface area (Å²) >= 11 is 3.44. The molecule has 5 heteroatoms. The summed E-state index contributed by atoms with van der Waals surface area (Å²) in [6.45, 7) is 2.91. The van der Waals surface area contributed by atoms with E-state index in [1.165, 1.54) is 5.56 Å². The molecule has 0 N–H and O–H groups in total. The van der Waals surface area contributed by atoms with Crippen molar-refractivity contribution in [3.05, 3.63) is 75.4 Å². The standard InChI is InChI=1S/C22H19BrN2O2/c1-2-27-22(26)20-19(12-9-15-7-10-17(23)11-8-15)24-25-14-13-16-5-3-4-6-18(16)21(20)25/h3-12H,2,13-14H2,1H3/b12-9+. The Balaban J connectivity index is 1.82. The van der Waals surface area contributed by atoms with Crippen LogP contribution in [0.25, 0.3) is 23.4 Å². The van der Waals surface area contributed by atoms with E-state index in [-0.39, 0.29) is 5.97 Å². The van der Waals surface area contributed by atoms with Crippen molar-refractivity contribution in [2.24, 2.45) is 0 Å². The van der Waals surface area contributed by atoms with E-state index < -0.39 is 0 Å². The molecule has 0 fully saturated rings. The molecule has 4 rings (SSSR count). The van der Waals surface area contributed by atoms with Crippen LogP contribution in [0.2, 0.25) is 0 Å². The van der Waals surface area contributed by atoms with E-state index in [1.54, 1.807) is 0 Å². The van der Waals surface area contributed by atoms with E-state index >= 15 is 0 Å². The summed E-state index contributed by atoms with van der Waals surface area (Å²) in [5.74, 6) is -0.328. The van der Waals surface area contributed by atoms with E-state index in [0.29, 0.717) is 17.9 Å². The summed E-state index contributed by atoms with van der Waals surface area (Å²) in [4.78, 5) is 12.7. The molecule has 2 heterocycles. The molecule has 0 bridgehead atoms. The number of hydrogen-bond donors (Lipinski definition) is 0. The number of benzene rings is 2. The molecule has 0 atom stereocenters. The third-order valence-corrected chi connectivity index (χ3v) is 5.16. The van der Waals surface area contributed by atoms with Crippen LogP contribution in [0.3, 0.4) is 0 Å². The van der Waals surface area contributed by atoms with Gasteiger partial charge >= 0.3 is 5.97 Å². The van der Waals surface area contributed by atoms with Crippen LogP contribution in [0, 0.1) is 0 Å². The third kappa shape index (κ3) is 3.47. The van der Waals surface area contributed by atoms with Gasteiger partial charge in [0.2, 0.25) is 0 Å². The quantitative estimate of drug-likeness (QED) is 0.541. The molecule has 1 aromatic heterocycles. The average molecular weight is 423 g/mol. The van der Waals surface area contributed by atoms with Gasteiger partial charge in [-0.2, -0.15) is 5.10 Å². The maximum Gasteiger partial charge on any atom is 0.342 e. The van der Waals surface area contributed by atoms with Gasteiger partial charge in [0.25, 0.3) is 0 Å². The minimum absolute atomic E-state index is 0.328. The predicted molar refractivity (Wildman–Crippen MR) is 110 cm³/mol. The van der Waals surface area contributed by atoms with Gasteiger partial charge in [-0.1, -0.05) is 58.4 Å². The molecule has 0 aliphatic carbocycles. The highest BCUT2D eigenvalue weighted by Crippen LogP contribution is 2.34. The fourth-order valence-corrected chi connectivity index (χ4v) is 3.65. The number of rotatable bonds is 4. The van der Waals surface area contributed by atoms with Gasteiger partial charge in [-0.25, -0.2) is 4.79 Å². The number of halogens is 1. The normalized spacial score (nSPS) is 12.7. The molecule has 1 aliphatic heterocycles. The van der Waals surface area contributed by atoms with E-state index in [0.717, 1.165) is 34.3 Å². The molecule has 0 amide bonds. The van der Waals surface area contributed by atoms with E-state index in [1.807, 2.05) is 66.2 Å². The number of aryl methyl sites for hydroxylation is 2. The smallest absolute Gasteiger partial charge is 0.342 e. The van der Waals surface area contributed by atoms with E-state index in [9.17, 15) is 4.79 Å². The minimum atomic E-state index is -0.328. The van der Waals surface area contributed by atoms with Crippen LogP contribution in [-0.2, 0) is 17.7 Å². The van der Waals surface area contributed by atoms with Crippen LogP contribution in [-0.4, -0.2) is 22.4 Å². The maximum atomic E-state index is 12.7. The number of carbonyl (C=O) groups is 1. The Bertz CT molecular complexity index is 1020. The Morgan fingerprint density at radius 1 is 1.19 bits per heavy atom. The second-order valence-electron chi connectivity index (χ2n) is 6.34. The second kappa shape index (κ2) is 7.53. The minimum Gasteiger partial charge on any atom is -0.462 e. The molecule has 136 valence electrons. The summed E-state index contributed by atoms with van der Waals surface area (Å²) in [5.41, 5.74) is 5.37. The van der Waals surface area contributed by atoms with Gasteiger partial charge in [0.15, 0.2) is 0 Å². The lowest BCUT2D eigenvalue weighted by molar-refractivity contribution is 0.0527. The van der Waals surface area contributed by atoms with Crippen LogP contribution < -0.4 is 0 Å². The number of hydrogen-bond acceptors (Lipinski definition) is 3. The number of fused-ring (bicyclic) bond motifs is 3. The van der Waals surface area contributed by atoms with Gasteiger partial charge in [-0.15, -0.1) is 0 Å². The third-order valence-electron chi connectivity index (χ3n) is 4.63. The monoisotopic (exact) mass is 422 g/mol. The molecule has 0 spiro atoms. The first-order chi connectivity index (χ1) is 13.2. The lowest BCUT2D eigenvalue weighted by Crippen LogP contribution is -2.14. The first-order valence-electron chi connectivity index (χ1n) is 8.97. The summed E-state index contributed by atoms with van der Waals surface area (Å²) in [5, 5.41) is 4.71. The highest BCUT2D eigenvalue weighted by Gasteiger charge is 2.28. The molecule has 2 aromatic carbocycles. The molecular weight excluding hydrogens is 404 g/mol. The van der Waals surface area contributed by atoms with Crippen LogP contribution in [0.1, 0.15) is 34.1 Å². The topological polar surface area (TPSA) is 44.1 Å². The first-order valence-corrected chi connectivity index (χ1v) is 9.76. The molecule has 1 aliphatic rings. The van der Waals surface area contributed by atoms with Crippen molar-refractivity contribution < 1.29 is 9.53 Å². The van der Waals surface area contributed by atoms with Crippen LogP contribution >= 0.6 is 15.9 Å². The van der Waals surface area contributed by atoms with Gasteiger partial charge in [-0.05, 0) is 42.7 Å². The summed E-state index contributed by atoms with van der Waals surface area (Å²) in [6.07, 6.45) is 4.77. The zero-order valence-electron chi connectivity index (χ0n) is 15.0. The Morgan fingerprint density at radius 3 is 2.74 bits per heavy atom. The van der Waals surface area contributed by atoms with Gasteiger partial charge in [0.1, 0.15) is 11.3 Å². The Kier molecular flexibility index (Phi) is 4.94. The number of nitrogens with zero attached hydrogens (tertiary/aromatic N) is 2. The Hall–Kier alpha value is -2.66. The summed E-state index contributed by atoms with van der Waals surface area (Å²) in [6, 6.07) is 16.2. The zero-order valence-corrected chi connectivity index (χ0v) is 16.6. The lowest BCUT2D eigenvalue weighted by Gasteiger charge is -2.18. The van der Waals surface area contributed by atoms with Crippen molar-refractivity contribution >= 4 is 34.1 Å².